The Morgan fingerprint density at radius 3 is 2.12 bits per heavy atom. The van der Waals surface area contributed by atoms with Crippen LogP contribution in [0.3, 0.4) is 0 Å². The van der Waals surface area contributed by atoms with Gasteiger partial charge in [0.05, 0.1) is 23.1 Å². The number of aromatic nitrogens is 2. The van der Waals surface area contributed by atoms with E-state index in [1.807, 2.05) is 57.2 Å². The average molecular weight is 681 g/mol. The van der Waals surface area contributed by atoms with E-state index in [1.54, 1.807) is 0 Å². The van der Waals surface area contributed by atoms with E-state index in [-0.39, 0.29) is 18.4 Å². The summed E-state index contributed by atoms with van der Waals surface area (Å²) in [6.45, 7) is 11.8. The third kappa shape index (κ3) is 12.3. The van der Waals surface area contributed by atoms with Gasteiger partial charge in [0.1, 0.15) is 11.4 Å². The van der Waals surface area contributed by atoms with Gasteiger partial charge in [-0.15, -0.1) is 0 Å². The van der Waals surface area contributed by atoms with Crippen LogP contribution in [0.2, 0.25) is 0 Å². The first-order chi connectivity index (χ1) is 24.2. The summed E-state index contributed by atoms with van der Waals surface area (Å²) in [4.78, 5) is 30.6. The molecule has 1 heterocycles. The molecule has 0 unspecified atom stereocenters. The standard InChI is InChI=1S/C43H60N4O3/c1-6-8-10-11-12-13-14-15-16-19-29-44-41(48)31-45-35-27-28-38-39(30-35)47(40(46-38)22-9-7-2)32-33-23-25-34(26-24-33)36-20-17-18-21-37(36)42(49)50-43(3,4)5/h17-18,20-21,23-28,30,45H,6-16,19,22,29,31-32H2,1-5H3,(H,44,48). The number of rotatable bonds is 21. The Hall–Kier alpha value is -4.13. The van der Waals surface area contributed by atoms with Crippen LogP contribution in [0.4, 0.5) is 5.69 Å². The summed E-state index contributed by atoms with van der Waals surface area (Å²) >= 11 is 0. The number of carbonyl (C=O) groups is 2. The first-order valence-electron chi connectivity index (χ1n) is 19.1. The fourth-order valence-corrected chi connectivity index (χ4v) is 6.29. The molecule has 0 aliphatic heterocycles. The lowest BCUT2D eigenvalue weighted by molar-refractivity contribution is -0.119. The molecule has 1 amide bonds. The Bertz CT molecular complexity index is 1630. The number of esters is 1. The highest BCUT2D eigenvalue weighted by Gasteiger charge is 2.21. The van der Waals surface area contributed by atoms with Gasteiger partial charge in [-0.05, 0) is 74.6 Å². The first-order valence-corrected chi connectivity index (χ1v) is 19.1. The highest BCUT2D eigenvalue weighted by molar-refractivity contribution is 5.97. The number of amides is 1. The molecule has 4 aromatic rings. The number of nitrogens with one attached hydrogen (secondary N) is 2. The van der Waals surface area contributed by atoms with Crippen LogP contribution in [-0.4, -0.2) is 40.1 Å². The van der Waals surface area contributed by atoms with Crippen molar-refractivity contribution in [3.05, 3.63) is 83.7 Å². The molecule has 1 aromatic heterocycles. The number of benzene rings is 3. The van der Waals surface area contributed by atoms with E-state index in [4.69, 9.17) is 9.72 Å². The largest absolute Gasteiger partial charge is 0.456 e. The Morgan fingerprint density at radius 2 is 1.44 bits per heavy atom. The smallest absolute Gasteiger partial charge is 0.339 e. The second-order valence-corrected chi connectivity index (χ2v) is 14.6. The van der Waals surface area contributed by atoms with Gasteiger partial charge in [-0.3, -0.25) is 4.79 Å². The molecule has 0 radical (unpaired) electrons. The van der Waals surface area contributed by atoms with Crippen LogP contribution in [0.5, 0.6) is 0 Å². The van der Waals surface area contributed by atoms with E-state index in [2.05, 4.69) is 59.4 Å². The minimum absolute atomic E-state index is 0.0199. The van der Waals surface area contributed by atoms with Gasteiger partial charge in [-0.25, -0.2) is 9.78 Å². The maximum atomic E-state index is 13.0. The summed E-state index contributed by atoms with van der Waals surface area (Å²) in [5.74, 6) is 0.762. The number of nitrogens with zero attached hydrogens (tertiary/aromatic N) is 2. The van der Waals surface area contributed by atoms with Crippen molar-refractivity contribution in [2.45, 2.75) is 130 Å². The van der Waals surface area contributed by atoms with E-state index in [9.17, 15) is 9.59 Å². The molecule has 0 atom stereocenters. The molecule has 4 rings (SSSR count). The lowest BCUT2D eigenvalue weighted by Crippen LogP contribution is -2.30. The highest BCUT2D eigenvalue weighted by atomic mass is 16.6. The third-order valence-electron chi connectivity index (χ3n) is 9.04. The Labute approximate surface area is 300 Å². The van der Waals surface area contributed by atoms with Gasteiger partial charge in [-0.1, -0.05) is 121 Å². The van der Waals surface area contributed by atoms with Gasteiger partial charge >= 0.3 is 5.97 Å². The van der Waals surface area contributed by atoms with Crippen molar-refractivity contribution < 1.29 is 14.3 Å². The van der Waals surface area contributed by atoms with E-state index in [0.29, 0.717) is 12.1 Å². The summed E-state index contributed by atoms with van der Waals surface area (Å²) < 4.78 is 7.97. The second kappa shape index (κ2) is 19.9. The average Bonchev–Trinajstić information content (AvgIpc) is 3.44. The maximum absolute atomic E-state index is 13.0. The predicted molar refractivity (Wildman–Crippen MR) is 208 cm³/mol. The molecule has 7 heteroatoms. The number of unbranched alkanes of at least 4 members (excludes halogenated alkanes) is 10. The number of hydrogen-bond donors (Lipinski definition) is 2. The zero-order valence-corrected chi connectivity index (χ0v) is 31.3. The van der Waals surface area contributed by atoms with Crippen molar-refractivity contribution in [2.75, 3.05) is 18.4 Å². The molecular formula is C43H60N4O3. The first kappa shape index (κ1) is 38.7. The Kier molecular flexibility index (Phi) is 15.4. The van der Waals surface area contributed by atoms with Gasteiger partial charge in [0, 0.05) is 25.2 Å². The number of hydrogen-bond acceptors (Lipinski definition) is 5. The van der Waals surface area contributed by atoms with Crippen LogP contribution < -0.4 is 10.6 Å². The second-order valence-electron chi connectivity index (χ2n) is 14.6. The van der Waals surface area contributed by atoms with Gasteiger partial charge in [0.25, 0.3) is 0 Å². The number of anilines is 1. The van der Waals surface area contributed by atoms with Crippen molar-refractivity contribution in [1.82, 2.24) is 14.9 Å². The van der Waals surface area contributed by atoms with E-state index in [0.717, 1.165) is 71.5 Å². The molecule has 0 bridgehead atoms. The molecule has 7 nitrogen and oxygen atoms in total. The van der Waals surface area contributed by atoms with Crippen molar-refractivity contribution in [3.63, 3.8) is 0 Å². The van der Waals surface area contributed by atoms with Crippen LogP contribution in [0.1, 0.15) is 133 Å². The van der Waals surface area contributed by atoms with E-state index < -0.39 is 5.60 Å². The quantitative estimate of drug-likeness (QED) is 0.0676. The molecule has 50 heavy (non-hydrogen) atoms. The van der Waals surface area contributed by atoms with Gasteiger partial charge in [0.2, 0.25) is 5.91 Å². The monoisotopic (exact) mass is 680 g/mol. The van der Waals surface area contributed by atoms with Gasteiger partial charge in [0.15, 0.2) is 0 Å². The van der Waals surface area contributed by atoms with Crippen molar-refractivity contribution in [1.29, 1.82) is 0 Å². The summed E-state index contributed by atoms with van der Waals surface area (Å²) in [7, 11) is 0. The number of carbonyl (C=O) groups excluding carboxylic acids is 2. The molecule has 2 N–H and O–H groups in total. The predicted octanol–water partition coefficient (Wildman–Crippen LogP) is 10.5. The third-order valence-corrected chi connectivity index (χ3v) is 9.04. The summed E-state index contributed by atoms with van der Waals surface area (Å²) in [6, 6.07) is 22.2. The molecule has 0 saturated heterocycles. The highest BCUT2D eigenvalue weighted by Crippen LogP contribution is 2.28. The lowest BCUT2D eigenvalue weighted by atomic mass is 9.98. The van der Waals surface area contributed by atoms with E-state index >= 15 is 0 Å². The zero-order valence-electron chi connectivity index (χ0n) is 31.3. The molecule has 0 spiro atoms. The summed E-state index contributed by atoms with van der Waals surface area (Å²) in [5.41, 5.74) is 5.87. The zero-order chi connectivity index (χ0) is 35.8. The van der Waals surface area contributed by atoms with Crippen LogP contribution >= 0.6 is 0 Å². The number of imidazole rings is 1. The molecule has 0 fully saturated rings. The van der Waals surface area contributed by atoms with Crippen molar-refractivity contribution >= 4 is 28.6 Å². The topological polar surface area (TPSA) is 85.3 Å². The van der Waals surface area contributed by atoms with Crippen molar-refractivity contribution in [3.8, 4) is 11.1 Å². The van der Waals surface area contributed by atoms with Crippen LogP contribution in [0, 0.1) is 0 Å². The Balaban J connectivity index is 1.35. The number of fused-ring (bicyclic) bond motifs is 1. The molecular weight excluding hydrogens is 620 g/mol. The van der Waals surface area contributed by atoms with Crippen LogP contribution in [-0.2, 0) is 22.5 Å². The Morgan fingerprint density at radius 1 is 0.780 bits per heavy atom. The van der Waals surface area contributed by atoms with Crippen molar-refractivity contribution in [2.24, 2.45) is 0 Å². The molecule has 270 valence electrons. The fourth-order valence-electron chi connectivity index (χ4n) is 6.29. The van der Waals surface area contributed by atoms with Gasteiger partial charge < -0.3 is 19.9 Å². The molecule has 0 saturated carbocycles. The lowest BCUT2D eigenvalue weighted by Gasteiger charge is -2.20. The molecule has 0 aliphatic carbocycles. The minimum Gasteiger partial charge on any atom is -0.456 e. The normalized spacial score (nSPS) is 11.5. The maximum Gasteiger partial charge on any atom is 0.339 e. The minimum atomic E-state index is -0.564. The summed E-state index contributed by atoms with van der Waals surface area (Å²) in [6.07, 6.45) is 15.9. The van der Waals surface area contributed by atoms with Crippen LogP contribution in [0.15, 0.2) is 66.7 Å². The fraction of sp³-hybridized carbons (Fsp3) is 0.512. The SMILES string of the molecule is CCCCCCCCCCCCNC(=O)CNc1ccc2nc(CCCC)n(Cc3ccc(-c4ccccc4C(=O)OC(C)(C)C)cc3)c2c1. The molecule has 3 aromatic carbocycles. The van der Waals surface area contributed by atoms with Gasteiger partial charge in [-0.2, -0.15) is 0 Å². The van der Waals surface area contributed by atoms with E-state index in [1.165, 1.54) is 57.8 Å². The molecule has 0 aliphatic rings. The van der Waals surface area contributed by atoms with Crippen LogP contribution in [0.25, 0.3) is 22.2 Å². The number of ether oxygens (including phenoxy) is 1. The summed E-state index contributed by atoms with van der Waals surface area (Å²) in [5, 5.41) is 6.41. The number of aryl methyl sites for hydroxylation is 1.